The third-order valence-electron chi connectivity index (χ3n) is 4.91. The lowest BCUT2D eigenvalue weighted by atomic mass is 10.1. The van der Waals surface area contributed by atoms with E-state index in [1.54, 1.807) is 35.6 Å². The highest BCUT2D eigenvalue weighted by Crippen LogP contribution is 2.20. The molecule has 0 atom stereocenters. The summed E-state index contributed by atoms with van der Waals surface area (Å²) in [5.41, 5.74) is 1.90. The summed E-state index contributed by atoms with van der Waals surface area (Å²) in [6.45, 7) is 0.414. The number of para-hydroxylation sites is 1. The van der Waals surface area contributed by atoms with Gasteiger partial charge in [0.25, 0.3) is 5.91 Å². The van der Waals surface area contributed by atoms with Gasteiger partial charge in [0.15, 0.2) is 5.16 Å². The summed E-state index contributed by atoms with van der Waals surface area (Å²) in [6.07, 6.45) is 0.708. The van der Waals surface area contributed by atoms with Gasteiger partial charge < -0.3 is 15.2 Å². The Kier molecular flexibility index (Phi) is 7.54. The molecule has 168 valence electrons. The summed E-state index contributed by atoms with van der Waals surface area (Å²) in [5, 5.41) is 16.9. The molecule has 0 spiro atoms. The number of hydrogen-bond donors (Lipinski definition) is 2. The van der Waals surface area contributed by atoms with Gasteiger partial charge in [-0.2, -0.15) is 0 Å². The van der Waals surface area contributed by atoms with Crippen LogP contribution in [-0.2, 0) is 24.8 Å². The van der Waals surface area contributed by atoms with Crippen LogP contribution in [0.15, 0.2) is 77.3 Å². The van der Waals surface area contributed by atoms with Crippen LogP contribution in [0.1, 0.15) is 26.6 Å². The number of thioether (sulfide) groups is 1. The molecule has 0 fully saturated rings. The standard InChI is InChI=1S/C24H23N5O2S2/c1-29-21(14-18-10-7-13-32-18)27-28-24(29)33-16-22(30)26-20-12-6-5-11-19(20)23(31)25-15-17-8-3-2-4-9-17/h2-13H,14-16H2,1H3,(H,25,31)(H,26,30). The van der Waals surface area contributed by atoms with E-state index in [-0.39, 0.29) is 17.6 Å². The third kappa shape index (κ3) is 6.09. The van der Waals surface area contributed by atoms with E-state index < -0.39 is 0 Å². The Hall–Kier alpha value is -3.43. The predicted octanol–water partition coefficient (Wildman–Crippen LogP) is 4.13. The molecule has 2 N–H and O–H groups in total. The highest BCUT2D eigenvalue weighted by molar-refractivity contribution is 7.99. The van der Waals surface area contributed by atoms with E-state index in [0.717, 1.165) is 11.4 Å². The maximum Gasteiger partial charge on any atom is 0.253 e. The van der Waals surface area contributed by atoms with Gasteiger partial charge in [-0.05, 0) is 29.1 Å². The number of carbonyl (C=O) groups excluding carboxylic acids is 2. The lowest BCUT2D eigenvalue weighted by Gasteiger charge is -2.11. The molecule has 0 saturated carbocycles. The number of amides is 2. The molecule has 0 aliphatic carbocycles. The van der Waals surface area contributed by atoms with Gasteiger partial charge in [-0.1, -0.05) is 60.3 Å². The van der Waals surface area contributed by atoms with Gasteiger partial charge in [0.2, 0.25) is 5.91 Å². The summed E-state index contributed by atoms with van der Waals surface area (Å²) >= 11 is 2.99. The van der Waals surface area contributed by atoms with E-state index in [0.29, 0.717) is 29.4 Å². The number of rotatable bonds is 9. The fourth-order valence-corrected chi connectivity index (χ4v) is 4.61. The Morgan fingerprint density at radius 2 is 1.79 bits per heavy atom. The summed E-state index contributed by atoms with van der Waals surface area (Å²) in [6, 6.07) is 20.7. The summed E-state index contributed by atoms with van der Waals surface area (Å²) < 4.78 is 1.91. The van der Waals surface area contributed by atoms with Crippen molar-refractivity contribution in [1.82, 2.24) is 20.1 Å². The maximum absolute atomic E-state index is 12.7. The van der Waals surface area contributed by atoms with E-state index in [1.165, 1.54) is 16.6 Å². The van der Waals surface area contributed by atoms with Gasteiger partial charge >= 0.3 is 0 Å². The maximum atomic E-state index is 12.7. The van der Waals surface area contributed by atoms with E-state index in [1.807, 2.05) is 53.4 Å². The Balaban J connectivity index is 1.33. The van der Waals surface area contributed by atoms with Gasteiger partial charge in [0.1, 0.15) is 5.82 Å². The molecule has 0 bridgehead atoms. The van der Waals surface area contributed by atoms with Gasteiger partial charge in [-0.15, -0.1) is 21.5 Å². The van der Waals surface area contributed by atoms with Crippen LogP contribution in [0.2, 0.25) is 0 Å². The fourth-order valence-electron chi connectivity index (χ4n) is 3.17. The summed E-state index contributed by atoms with van der Waals surface area (Å²) in [5.74, 6) is 0.547. The first-order chi connectivity index (χ1) is 16.1. The van der Waals surface area contributed by atoms with Crippen LogP contribution in [0.5, 0.6) is 0 Å². The molecule has 4 aromatic rings. The number of aromatic nitrogens is 3. The number of benzene rings is 2. The Morgan fingerprint density at radius 1 is 1.00 bits per heavy atom. The zero-order valence-corrected chi connectivity index (χ0v) is 19.7. The van der Waals surface area contributed by atoms with Crippen molar-refractivity contribution < 1.29 is 9.59 Å². The zero-order chi connectivity index (χ0) is 23.0. The molecular weight excluding hydrogens is 454 g/mol. The van der Waals surface area contributed by atoms with E-state index in [4.69, 9.17) is 0 Å². The molecule has 2 heterocycles. The van der Waals surface area contributed by atoms with Crippen molar-refractivity contribution in [1.29, 1.82) is 0 Å². The Bertz CT molecular complexity index is 1220. The minimum absolute atomic E-state index is 0.158. The predicted molar refractivity (Wildman–Crippen MR) is 132 cm³/mol. The number of carbonyl (C=O) groups is 2. The average molecular weight is 478 g/mol. The highest BCUT2D eigenvalue weighted by atomic mass is 32.2. The Labute approximate surface area is 200 Å². The largest absolute Gasteiger partial charge is 0.348 e. The monoisotopic (exact) mass is 477 g/mol. The number of thiophene rings is 1. The molecule has 0 saturated heterocycles. The smallest absolute Gasteiger partial charge is 0.253 e. The van der Waals surface area contributed by atoms with Crippen LogP contribution in [0.3, 0.4) is 0 Å². The van der Waals surface area contributed by atoms with E-state index >= 15 is 0 Å². The number of hydrogen-bond acceptors (Lipinski definition) is 6. The van der Waals surface area contributed by atoms with Crippen LogP contribution in [0.25, 0.3) is 0 Å². The van der Waals surface area contributed by atoms with Crippen LogP contribution in [0.4, 0.5) is 5.69 Å². The van der Waals surface area contributed by atoms with E-state index in [2.05, 4.69) is 26.9 Å². The molecule has 0 unspecified atom stereocenters. The lowest BCUT2D eigenvalue weighted by molar-refractivity contribution is -0.113. The summed E-state index contributed by atoms with van der Waals surface area (Å²) in [7, 11) is 1.90. The lowest BCUT2D eigenvalue weighted by Crippen LogP contribution is -2.25. The van der Waals surface area contributed by atoms with Gasteiger partial charge in [-0.3, -0.25) is 9.59 Å². The van der Waals surface area contributed by atoms with E-state index in [9.17, 15) is 9.59 Å². The normalized spacial score (nSPS) is 10.7. The Morgan fingerprint density at radius 3 is 2.58 bits per heavy atom. The fraction of sp³-hybridized carbons (Fsp3) is 0.167. The zero-order valence-electron chi connectivity index (χ0n) is 18.0. The first kappa shape index (κ1) is 22.8. The van der Waals surface area contributed by atoms with Gasteiger partial charge in [0.05, 0.1) is 17.0 Å². The van der Waals surface area contributed by atoms with Gasteiger partial charge in [-0.25, -0.2) is 0 Å². The molecule has 0 aliphatic rings. The molecular formula is C24H23N5O2S2. The minimum Gasteiger partial charge on any atom is -0.348 e. The van der Waals surface area contributed by atoms with Crippen molar-refractivity contribution in [2.75, 3.05) is 11.1 Å². The average Bonchev–Trinajstić information content (AvgIpc) is 3.47. The SMILES string of the molecule is Cn1c(Cc2cccs2)nnc1SCC(=O)Nc1ccccc1C(=O)NCc1ccccc1. The molecule has 0 radical (unpaired) electrons. The van der Waals surface area contributed by atoms with Crippen LogP contribution >= 0.6 is 23.1 Å². The first-order valence-corrected chi connectivity index (χ1v) is 12.2. The van der Waals surface area contributed by atoms with Crippen molar-refractivity contribution in [3.63, 3.8) is 0 Å². The first-order valence-electron chi connectivity index (χ1n) is 10.3. The second kappa shape index (κ2) is 10.9. The molecule has 2 aromatic heterocycles. The number of nitrogens with zero attached hydrogens (tertiary/aromatic N) is 3. The molecule has 0 aliphatic heterocycles. The van der Waals surface area contributed by atoms with Crippen molar-refractivity contribution in [2.24, 2.45) is 7.05 Å². The topological polar surface area (TPSA) is 88.9 Å². The van der Waals surface area contributed by atoms with Crippen molar-refractivity contribution in [3.05, 3.63) is 93.9 Å². The second-order valence-corrected chi connectivity index (χ2v) is 9.24. The second-order valence-electron chi connectivity index (χ2n) is 7.26. The molecule has 4 rings (SSSR count). The summed E-state index contributed by atoms with van der Waals surface area (Å²) in [4.78, 5) is 26.5. The van der Waals surface area contributed by atoms with Crippen molar-refractivity contribution >= 4 is 40.6 Å². The van der Waals surface area contributed by atoms with Crippen LogP contribution in [-0.4, -0.2) is 32.3 Å². The van der Waals surface area contributed by atoms with Gasteiger partial charge in [0, 0.05) is 24.9 Å². The third-order valence-corrected chi connectivity index (χ3v) is 6.81. The van der Waals surface area contributed by atoms with Crippen LogP contribution in [0, 0.1) is 0 Å². The molecule has 2 amide bonds. The number of anilines is 1. The van der Waals surface area contributed by atoms with Crippen molar-refractivity contribution in [2.45, 2.75) is 18.1 Å². The highest BCUT2D eigenvalue weighted by Gasteiger charge is 2.15. The van der Waals surface area contributed by atoms with Crippen molar-refractivity contribution in [3.8, 4) is 0 Å². The molecule has 2 aromatic carbocycles. The number of nitrogens with one attached hydrogen (secondary N) is 2. The quantitative estimate of drug-likeness (QED) is 0.354. The minimum atomic E-state index is -0.242. The molecule has 7 nitrogen and oxygen atoms in total. The molecule has 33 heavy (non-hydrogen) atoms. The van der Waals surface area contributed by atoms with Crippen LogP contribution < -0.4 is 10.6 Å². The molecule has 9 heteroatoms.